The average Bonchev–Trinajstić information content (AvgIpc) is 2.46. The number of fused-ring (bicyclic) bond motifs is 1. The Morgan fingerprint density at radius 3 is 3.15 bits per heavy atom. The zero-order valence-corrected chi connectivity index (χ0v) is 6.65. The Labute approximate surface area is 75.4 Å². The molecule has 1 heterocycles. The molecule has 0 aliphatic heterocycles. The van der Waals surface area contributed by atoms with Crippen molar-refractivity contribution in [2.75, 3.05) is 5.32 Å². The number of oxazole rings is 1. The molecule has 0 saturated carbocycles. The second-order valence-corrected chi connectivity index (χ2v) is 2.51. The molecule has 0 unspecified atom stereocenters. The molecule has 13 heavy (non-hydrogen) atoms. The number of anilines is 1. The number of nitrogens with one attached hydrogen (secondary N) is 1. The fourth-order valence-electron chi connectivity index (χ4n) is 1.06. The van der Waals surface area contributed by atoms with Crippen LogP contribution in [0, 0.1) is 0 Å². The van der Waals surface area contributed by atoms with Crippen molar-refractivity contribution in [2.45, 2.75) is 0 Å². The minimum atomic E-state index is 0.176. The lowest BCUT2D eigenvalue weighted by atomic mass is 9.96. The highest BCUT2D eigenvalue weighted by Crippen LogP contribution is 2.16. The largest absolute Gasteiger partial charge is 0.423 e. The first-order valence-electron chi connectivity index (χ1n) is 3.66. The van der Waals surface area contributed by atoms with E-state index in [1.807, 2.05) is 0 Å². The van der Waals surface area contributed by atoms with Crippen molar-refractivity contribution in [3.63, 3.8) is 0 Å². The van der Waals surface area contributed by atoms with Gasteiger partial charge in [0.05, 0.1) is 0 Å². The smallest absolute Gasteiger partial charge is 0.302 e. The summed E-state index contributed by atoms with van der Waals surface area (Å²) in [6.07, 6.45) is 0.508. The second-order valence-electron chi connectivity index (χ2n) is 2.51. The quantitative estimate of drug-likeness (QED) is 0.519. The number of benzene rings is 1. The van der Waals surface area contributed by atoms with Gasteiger partial charge in [0.1, 0.15) is 13.4 Å². The molecular formula is C8H5BN2O2. The number of nitrogens with zero attached hydrogens (tertiary/aromatic N) is 1. The van der Waals surface area contributed by atoms with Crippen LogP contribution in [0.2, 0.25) is 0 Å². The van der Waals surface area contributed by atoms with E-state index in [9.17, 15) is 4.79 Å². The van der Waals surface area contributed by atoms with Gasteiger partial charge in [0.25, 0.3) is 0 Å². The third-order valence-electron chi connectivity index (χ3n) is 1.59. The molecule has 0 spiro atoms. The first-order valence-corrected chi connectivity index (χ1v) is 3.66. The maximum absolute atomic E-state index is 10.1. The van der Waals surface area contributed by atoms with Gasteiger partial charge < -0.3 is 4.42 Å². The Balaban J connectivity index is 2.55. The maximum atomic E-state index is 10.1. The van der Waals surface area contributed by atoms with E-state index in [-0.39, 0.29) is 6.01 Å². The van der Waals surface area contributed by atoms with Crippen LogP contribution in [-0.2, 0) is 4.79 Å². The SMILES string of the molecule is [B]c1ccc2oc(NC=O)nc2c1. The molecule has 0 aliphatic carbocycles. The van der Waals surface area contributed by atoms with Crippen molar-refractivity contribution in [3.8, 4) is 0 Å². The van der Waals surface area contributed by atoms with Crippen molar-refractivity contribution in [1.29, 1.82) is 0 Å². The van der Waals surface area contributed by atoms with Gasteiger partial charge in [0, 0.05) is 0 Å². The van der Waals surface area contributed by atoms with E-state index in [1.54, 1.807) is 18.2 Å². The lowest BCUT2D eigenvalue weighted by Gasteiger charge is -1.87. The molecule has 1 amide bonds. The van der Waals surface area contributed by atoms with Gasteiger partial charge in [0.2, 0.25) is 6.41 Å². The van der Waals surface area contributed by atoms with Crippen LogP contribution in [0.5, 0.6) is 0 Å². The third-order valence-corrected chi connectivity index (χ3v) is 1.59. The summed E-state index contributed by atoms with van der Waals surface area (Å²) in [6.45, 7) is 0. The number of hydrogen-bond donors (Lipinski definition) is 1. The molecular weight excluding hydrogens is 167 g/mol. The summed E-state index contributed by atoms with van der Waals surface area (Å²) in [5.74, 6) is 0. The van der Waals surface area contributed by atoms with Crippen molar-refractivity contribution in [2.24, 2.45) is 0 Å². The molecule has 0 fully saturated rings. The van der Waals surface area contributed by atoms with E-state index in [1.165, 1.54) is 0 Å². The number of hydrogen-bond acceptors (Lipinski definition) is 3. The van der Waals surface area contributed by atoms with E-state index in [2.05, 4.69) is 10.3 Å². The van der Waals surface area contributed by atoms with Crippen LogP contribution < -0.4 is 10.8 Å². The highest BCUT2D eigenvalue weighted by atomic mass is 16.4. The second kappa shape index (κ2) is 2.93. The summed E-state index contributed by atoms with van der Waals surface area (Å²) >= 11 is 0. The molecule has 1 N–H and O–H groups in total. The van der Waals surface area contributed by atoms with Gasteiger partial charge in [0.15, 0.2) is 5.58 Å². The van der Waals surface area contributed by atoms with Crippen molar-refractivity contribution in [3.05, 3.63) is 18.2 Å². The highest BCUT2D eigenvalue weighted by molar-refractivity contribution is 6.33. The number of carbonyl (C=O) groups excluding carboxylic acids is 1. The van der Waals surface area contributed by atoms with E-state index >= 15 is 0 Å². The Morgan fingerprint density at radius 2 is 2.38 bits per heavy atom. The minimum absolute atomic E-state index is 0.176. The normalized spacial score (nSPS) is 10.2. The third kappa shape index (κ3) is 1.40. The molecule has 1 aromatic heterocycles. The summed E-state index contributed by atoms with van der Waals surface area (Å²) in [7, 11) is 5.54. The summed E-state index contributed by atoms with van der Waals surface area (Å²) in [5, 5.41) is 2.32. The molecule has 0 atom stereocenters. The molecule has 4 nitrogen and oxygen atoms in total. The fourth-order valence-corrected chi connectivity index (χ4v) is 1.06. The van der Waals surface area contributed by atoms with Gasteiger partial charge in [-0.25, -0.2) is 0 Å². The topological polar surface area (TPSA) is 55.1 Å². The number of aromatic nitrogens is 1. The summed E-state index contributed by atoms with van der Waals surface area (Å²) < 4.78 is 5.15. The zero-order valence-electron chi connectivity index (χ0n) is 6.65. The summed E-state index contributed by atoms with van der Waals surface area (Å²) in [5.41, 5.74) is 1.83. The Hall–Kier alpha value is -1.78. The van der Waals surface area contributed by atoms with E-state index < -0.39 is 0 Å². The molecule has 2 rings (SSSR count). The van der Waals surface area contributed by atoms with Crippen LogP contribution in [0.4, 0.5) is 6.01 Å². The predicted octanol–water partition coefficient (Wildman–Crippen LogP) is 0.190. The van der Waals surface area contributed by atoms with Gasteiger partial charge >= 0.3 is 6.01 Å². The molecule has 1 aromatic carbocycles. The van der Waals surface area contributed by atoms with Crippen molar-refractivity contribution < 1.29 is 9.21 Å². The lowest BCUT2D eigenvalue weighted by Crippen LogP contribution is -1.99. The molecule has 0 bridgehead atoms. The summed E-state index contributed by atoms with van der Waals surface area (Å²) in [4.78, 5) is 14.1. The standard InChI is InChI=1S/C8H5BN2O2/c9-5-1-2-7-6(3-5)11-8(13-7)10-4-12/h1-4H,(H,10,11,12). The highest BCUT2D eigenvalue weighted by Gasteiger charge is 2.03. The van der Waals surface area contributed by atoms with E-state index in [0.29, 0.717) is 23.0 Å². The van der Waals surface area contributed by atoms with E-state index in [0.717, 1.165) is 0 Å². The van der Waals surface area contributed by atoms with Gasteiger partial charge in [-0.2, -0.15) is 4.98 Å². The molecule has 0 aliphatic rings. The predicted molar refractivity (Wildman–Crippen MR) is 49.1 cm³/mol. The van der Waals surface area contributed by atoms with E-state index in [4.69, 9.17) is 12.3 Å². The number of amides is 1. The maximum Gasteiger partial charge on any atom is 0.302 e. The van der Waals surface area contributed by atoms with Crippen molar-refractivity contribution in [1.82, 2.24) is 4.98 Å². The van der Waals surface area contributed by atoms with Gasteiger partial charge in [-0.1, -0.05) is 11.5 Å². The molecule has 2 aromatic rings. The van der Waals surface area contributed by atoms with Crippen LogP contribution in [0.25, 0.3) is 11.1 Å². The van der Waals surface area contributed by atoms with Crippen LogP contribution in [0.15, 0.2) is 22.6 Å². The monoisotopic (exact) mass is 172 g/mol. The lowest BCUT2D eigenvalue weighted by molar-refractivity contribution is -0.105. The average molecular weight is 172 g/mol. The van der Waals surface area contributed by atoms with Crippen molar-refractivity contribution >= 4 is 36.8 Å². The van der Waals surface area contributed by atoms with Crippen LogP contribution in [-0.4, -0.2) is 19.2 Å². The Bertz CT molecular complexity index is 452. The van der Waals surface area contributed by atoms with Crippen LogP contribution >= 0.6 is 0 Å². The van der Waals surface area contributed by atoms with Gasteiger partial charge in [-0.3, -0.25) is 10.1 Å². The van der Waals surface area contributed by atoms with Crippen LogP contribution in [0.1, 0.15) is 0 Å². The fraction of sp³-hybridized carbons (Fsp3) is 0. The zero-order chi connectivity index (χ0) is 9.26. The number of rotatable bonds is 2. The molecule has 5 heteroatoms. The first-order chi connectivity index (χ1) is 6.29. The molecule has 62 valence electrons. The molecule has 0 saturated heterocycles. The van der Waals surface area contributed by atoms with Gasteiger partial charge in [-0.05, 0) is 12.1 Å². The Morgan fingerprint density at radius 1 is 1.54 bits per heavy atom. The van der Waals surface area contributed by atoms with Gasteiger partial charge in [-0.15, -0.1) is 0 Å². The Kier molecular flexibility index (Phi) is 1.77. The number of carbonyl (C=O) groups is 1. The minimum Gasteiger partial charge on any atom is -0.423 e. The first kappa shape index (κ1) is 7.85. The molecule has 2 radical (unpaired) electrons. The summed E-state index contributed by atoms with van der Waals surface area (Å²) in [6, 6.07) is 5.26. The van der Waals surface area contributed by atoms with Crippen LogP contribution in [0.3, 0.4) is 0 Å².